The van der Waals surface area contributed by atoms with Crippen molar-refractivity contribution >= 4 is 19.8 Å². The van der Waals surface area contributed by atoms with Gasteiger partial charge in [-0.2, -0.15) is 0 Å². The van der Waals surface area contributed by atoms with Gasteiger partial charge in [-0.15, -0.1) is 0 Å². The number of carbonyl (C=O) groups is 2. The molecule has 9 nitrogen and oxygen atoms in total. The van der Waals surface area contributed by atoms with Gasteiger partial charge in [0.2, 0.25) is 0 Å². The van der Waals surface area contributed by atoms with Crippen molar-refractivity contribution in [1.29, 1.82) is 0 Å². The molecule has 0 aromatic carbocycles. The first kappa shape index (κ1) is 53.2. The molecule has 0 aromatic rings. The number of unbranched alkanes of at least 4 members (excludes halogenated alkanes) is 20. The van der Waals surface area contributed by atoms with Crippen molar-refractivity contribution in [3.63, 3.8) is 0 Å². The third kappa shape index (κ3) is 41.7. The zero-order valence-corrected chi connectivity index (χ0v) is 37.0. The number of likely N-dealkylation sites (N-methyl/N-ethyl adjacent to an activating group) is 1. The Hall–Kier alpha value is -1.77. The minimum Gasteiger partial charge on any atom is -0.756 e. The van der Waals surface area contributed by atoms with Crippen LogP contribution in [0.15, 0.2) is 36.5 Å². The fourth-order valence-corrected chi connectivity index (χ4v) is 6.62. The molecule has 0 rings (SSSR count). The van der Waals surface area contributed by atoms with E-state index in [0.717, 1.165) is 70.6 Å². The normalized spacial score (nSPS) is 13.9. The molecule has 0 bridgehead atoms. The Kier molecular flexibility index (Phi) is 36.6. The predicted octanol–water partition coefficient (Wildman–Crippen LogP) is 11.9. The summed E-state index contributed by atoms with van der Waals surface area (Å²) < 4.78 is 33.9. The molecule has 55 heavy (non-hydrogen) atoms. The number of nitrogens with zero attached hydrogens (tertiary/aromatic N) is 1. The number of allylic oxidation sites excluding steroid dienone is 6. The molecule has 0 saturated heterocycles. The van der Waals surface area contributed by atoms with Gasteiger partial charge in [-0.1, -0.05) is 159 Å². The number of phosphoric acid groups is 1. The van der Waals surface area contributed by atoms with Crippen LogP contribution in [0, 0.1) is 0 Å². The highest BCUT2D eigenvalue weighted by Crippen LogP contribution is 2.38. The van der Waals surface area contributed by atoms with E-state index < -0.39 is 26.5 Å². The van der Waals surface area contributed by atoms with E-state index in [1.807, 2.05) is 21.1 Å². The summed E-state index contributed by atoms with van der Waals surface area (Å²) >= 11 is 0. The maximum absolute atomic E-state index is 12.7. The topological polar surface area (TPSA) is 111 Å². The first-order chi connectivity index (χ1) is 26.5. The highest BCUT2D eigenvalue weighted by molar-refractivity contribution is 7.45. The predicted molar refractivity (Wildman–Crippen MR) is 227 cm³/mol. The number of phosphoric ester groups is 1. The Labute approximate surface area is 338 Å². The first-order valence-electron chi connectivity index (χ1n) is 22.2. The van der Waals surface area contributed by atoms with Gasteiger partial charge in [-0.25, -0.2) is 0 Å². The van der Waals surface area contributed by atoms with Gasteiger partial charge in [0.25, 0.3) is 7.82 Å². The number of rotatable bonds is 40. The summed E-state index contributed by atoms with van der Waals surface area (Å²) in [6.07, 6.45) is 41.6. The van der Waals surface area contributed by atoms with Crippen LogP contribution < -0.4 is 4.89 Å². The summed E-state index contributed by atoms with van der Waals surface area (Å²) in [7, 11) is 1.16. The lowest BCUT2D eigenvalue weighted by Gasteiger charge is -2.28. The van der Waals surface area contributed by atoms with E-state index in [1.165, 1.54) is 83.5 Å². The van der Waals surface area contributed by atoms with Gasteiger partial charge in [0.1, 0.15) is 19.8 Å². The second kappa shape index (κ2) is 37.8. The Balaban J connectivity index is 4.36. The maximum Gasteiger partial charge on any atom is 0.306 e. The minimum atomic E-state index is -4.62. The zero-order valence-electron chi connectivity index (χ0n) is 36.1. The van der Waals surface area contributed by atoms with E-state index in [4.69, 9.17) is 18.5 Å². The Bertz CT molecular complexity index is 1040. The quantitative estimate of drug-likeness (QED) is 0.0198. The van der Waals surface area contributed by atoms with Crippen LogP contribution in [0.5, 0.6) is 0 Å². The van der Waals surface area contributed by atoms with Crippen LogP contribution in [0.3, 0.4) is 0 Å². The van der Waals surface area contributed by atoms with Crippen LogP contribution in [-0.4, -0.2) is 70.0 Å². The molecule has 0 aliphatic rings. The molecule has 0 aliphatic heterocycles. The van der Waals surface area contributed by atoms with Gasteiger partial charge in [0, 0.05) is 12.8 Å². The molecule has 2 atom stereocenters. The molecule has 0 fully saturated rings. The number of ether oxygens (including phenoxy) is 2. The van der Waals surface area contributed by atoms with E-state index >= 15 is 0 Å². The standard InChI is InChI=1S/C45H84NO8P/c1-6-8-10-12-14-16-18-20-21-22-23-24-25-26-28-30-32-34-36-38-45(48)54-43(42-53-55(49,50)52-40-39-46(3,4)5)41-51-44(47)37-35-33-31-29-27-19-17-15-13-11-9-7-2/h14,16,20-21,23-24,43H,6-13,15,17-19,22,25-42H2,1-5H3/b16-14-,21-20-,24-23-. The largest absolute Gasteiger partial charge is 0.756 e. The Morgan fingerprint density at radius 2 is 0.982 bits per heavy atom. The summed E-state index contributed by atoms with van der Waals surface area (Å²) in [5.41, 5.74) is 0. The number of hydrogen-bond acceptors (Lipinski definition) is 8. The number of quaternary nitrogens is 1. The van der Waals surface area contributed by atoms with Crippen molar-refractivity contribution in [2.45, 2.75) is 193 Å². The molecule has 322 valence electrons. The number of carbonyl (C=O) groups excluding carboxylic acids is 2. The fraction of sp³-hybridized carbons (Fsp3) is 0.822. The second-order valence-electron chi connectivity index (χ2n) is 16.1. The molecule has 0 heterocycles. The molecule has 10 heteroatoms. The van der Waals surface area contributed by atoms with E-state index in [0.29, 0.717) is 17.4 Å². The van der Waals surface area contributed by atoms with Gasteiger partial charge >= 0.3 is 11.9 Å². The van der Waals surface area contributed by atoms with Crippen molar-refractivity contribution < 1.29 is 42.1 Å². The second-order valence-corrected chi connectivity index (χ2v) is 17.5. The Morgan fingerprint density at radius 1 is 0.564 bits per heavy atom. The molecular weight excluding hydrogens is 713 g/mol. The SMILES string of the molecule is CCCCC/C=C\C/C=C\C/C=C\CCCCCCCCC(=O)OC(COC(=O)CCCCCCCCCCCCCC)COP(=O)([O-])OCC[N+](C)(C)C. The zero-order chi connectivity index (χ0) is 40.7. The molecule has 0 saturated carbocycles. The van der Waals surface area contributed by atoms with Gasteiger partial charge in [-0.05, 0) is 51.4 Å². The summed E-state index contributed by atoms with van der Waals surface area (Å²) in [6, 6.07) is 0. The fourth-order valence-electron chi connectivity index (χ4n) is 5.90. The average molecular weight is 798 g/mol. The van der Waals surface area contributed by atoms with Crippen molar-refractivity contribution in [2.24, 2.45) is 0 Å². The summed E-state index contributed by atoms with van der Waals surface area (Å²) in [6.45, 7) is 4.18. The highest BCUT2D eigenvalue weighted by atomic mass is 31.2. The number of hydrogen-bond donors (Lipinski definition) is 0. The Morgan fingerprint density at radius 3 is 1.49 bits per heavy atom. The summed E-state index contributed by atoms with van der Waals surface area (Å²) in [4.78, 5) is 37.5. The van der Waals surface area contributed by atoms with E-state index in [1.54, 1.807) is 0 Å². The minimum absolute atomic E-state index is 0.0331. The lowest BCUT2D eigenvalue weighted by atomic mass is 10.0. The molecular formula is C45H84NO8P. The number of esters is 2. The van der Waals surface area contributed by atoms with E-state index in [9.17, 15) is 19.0 Å². The van der Waals surface area contributed by atoms with Crippen LogP contribution in [0.4, 0.5) is 0 Å². The highest BCUT2D eigenvalue weighted by Gasteiger charge is 2.21. The van der Waals surface area contributed by atoms with Gasteiger partial charge in [0.15, 0.2) is 6.10 Å². The van der Waals surface area contributed by atoms with Crippen LogP contribution in [-0.2, 0) is 32.7 Å². The van der Waals surface area contributed by atoms with Crippen molar-refractivity contribution in [3.05, 3.63) is 36.5 Å². The molecule has 0 N–H and O–H groups in total. The van der Waals surface area contributed by atoms with Crippen molar-refractivity contribution in [2.75, 3.05) is 47.5 Å². The lowest BCUT2D eigenvalue weighted by Crippen LogP contribution is -2.37. The molecule has 0 radical (unpaired) electrons. The molecule has 0 aromatic heterocycles. The van der Waals surface area contributed by atoms with Crippen LogP contribution in [0.2, 0.25) is 0 Å². The van der Waals surface area contributed by atoms with Gasteiger partial charge in [0.05, 0.1) is 27.7 Å². The average Bonchev–Trinajstić information content (AvgIpc) is 3.13. The summed E-state index contributed by atoms with van der Waals surface area (Å²) in [5, 5.41) is 0. The van der Waals surface area contributed by atoms with Crippen LogP contribution in [0.1, 0.15) is 187 Å². The van der Waals surface area contributed by atoms with E-state index in [2.05, 4.69) is 50.3 Å². The molecule has 0 aliphatic carbocycles. The van der Waals surface area contributed by atoms with Gasteiger partial charge < -0.3 is 27.9 Å². The van der Waals surface area contributed by atoms with Crippen molar-refractivity contribution in [1.82, 2.24) is 0 Å². The maximum atomic E-state index is 12.7. The lowest BCUT2D eigenvalue weighted by molar-refractivity contribution is -0.870. The van der Waals surface area contributed by atoms with E-state index in [-0.39, 0.29) is 32.0 Å². The molecule has 0 amide bonds. The van der Waals surface area contributed by atoms with Crippen LogP contribution >= 0.6 is 7.82 Å². The molecule has 2 unspecified atom stereocenters. The van der Waals surface area contributed by atoms with Crippen molar-refractivity contribution in [3.8, 4) is 0 Å². The smallest absolute Gasteiger partial charge is 0.306 e. The summed E-state index contributed by atoms with van der Waals surface area (Å²) in [5.74, 6) is -0.846. The monoisotopic (exact) mass is 798 g/mol. The first-order valence-corrected chi connectivity index (χ1v) is 23.7. The third-order valence-electron chi connectivity index (χ3n) is 9.41. The third-order valence-corrected chi connectivity index (χ3v) is 10.4. The molecule has 0 spiro atoms. The van der Waals surface area contributed by atoms with Crippen LogP contribution in [0.25, 0.3) is 0 Å². The van der Waals surface area contributed by atoms with Gasteiger partial charge in [-0.3, -0.25) is 14.2 Å².